The number of aryl methyl sites for hydroxylation is 1. The van der Waals surface area contributed by atoms with E-state index in [1.54, 1.807) is 0 Å². The van der Waals surface area contributed by atoms with Gasteiger partial charge in [-0.15, -0.1) is 0 Å². The molecular weight excluding hydrogens is 388 g/mol. The molecule has 31 heavy (non-hydrogen) atoms. The Balaban J connectivity index is 1.62. The number of hydrogen-bond acceptors (Lipinski definition) is 4. The van der Waals surface area contributed by atoms with Crippen molar-refractivity contribution in [2.45, 2.75) is 39.7 Å². The van der Waals surface area contributed by atoms with Crippen molar-refractivity contribution in [1.29, 1.82) is 0 Å². The van der Waals surface area contributed by atoms with E-state index in [0.717, 1.165) is 42.4 Å². The molecule has 1 saturated heterocycles. The predicted molar refractivity (Wildman–Crippen MR) is 125 cm³/mol. The molecule has 162 valence electrons. The zero-order valence-electron chi connectivity index (χ0n) is 18.3. The quantitative estimate of drug-likeness (QED) is 0.665. The van der Waals surface area contributed by atoms with Crippen LogP contribution in [0.5, 0.6) is 0 Å². The molecule has 0 spiro atoms. The second-order valence-corrected chi connectivity index (χ2v) is 8.35. The van der Waals surface area contributed by atoms with E-state index in [2.05, 4.69) is 43.4 Å². The van der Waals surface area contributed by atoms with E-state index in [-0.39, 0.29) is 17.4 Å². The van der Waals surface area contributed by atoms with Crippen molar-refractivity contribution < 1.29 is 4.79 Å². The number of nitrogens with one attached hydrogen (secondary N) is 1. The second-order valence-electron chi connectivity index (χ2n) is 8.35. The Hall–Kier alpha value is -3.15. The lowest BCUT2D eigenvalue weighted by Gasteiger charge is -2.32. The van der Waals surface area contributed by atoms with Crippen molar-refractivity contribution in [3.63, 3.8) is 0 Å². The highest BCUT2D eigenvalue weighted by atomic mass is 16.2. The maximum Gasteiger partial charge on any atom is 0.294 e. The number of piperidine rings is 1. The Morgan fingerprint density at radius 1 is 1.10 bits per heavy atom. The molecule has 1 aromatic heterocycles. The SMILES string of the molecule is CCCNC(=O)C1CCN(c2nc3ccccc3n(Cc3ccc(C)cc3)c2=O)CC1. The van der Waals surface area contributed by atoms with Crippen molar-refractivity contribution >= 4 is 22.8 Å². The molecule has 1 aliphatic heterocycles. The fourth-order valence-corrected chi connectivity index (χ4v) is 4.16. The van der Waals surface area contributed by atoms with Crippen LogP contribution in [0.3, 0.4) is 0 Å². The van der Waals surface area contributed by atoms with Gasteiger partial charge in [0.2, 0.25) is 5.91 Å². The first kappa shape index (κ1) is 21.1. The monoisotopic (exact) mass is 418 g/mol. The molecule has 3 aromatic rings. The van der Waals surface area contributed by atoms with Gasteiger partial charge >= 0.3 is 0 Å². The average Bonchev–Trinajstić information content (AvgIpc) is 2.80. The van der Waals surface area contributed by atoms with Gasteiger partial charge in [-0.1, -0.05) is 48.9 Å². The van der Waals surface area contributed by atoms with Gasteiger partial charge in [0.25, 0.3) is 5.56 Å². The van der Waals surface area contributed by atoms with Gasteiger partial charge in [0.15, 0.2) is 5.82 Å². The first-order valence-electron chi connectivity index (χ1n) is 11.1. The van der Waals surface area contributed by atoms with E-state index in [1.807, 2.05) is 33.7 Å². The molecule has 1 fully saturated rings. The van der Waals surface area contributed by atoms with Crippen LogP contribution in [0.2, 0.25) is 0 Å². The van der Waals surface area contributed by atoms with Crippen molar-refractivity contribution in [2.75, 3.05) is 24.5 Å². The highest BCUT2D eigenvalue weighted by Gasteiger charge is 2.27. The third-order valence-corrected chi connectivity index (χ3v) is 6.01. The molecule has 4 rings (SSSR count). The summed E-state index contributed by atoms with van der Waals surface area (Å²) in [5.41, 5.74) is 3.86. The minimum absolute atomic E-state index is 0.0121. The fraction of sp³-hybridized carbons (Fsp3) is 0.400. The highest BCUT2D eigenvalue weighted by Crippen LogP contribution is 2.22. The highest BCUT2D eigenvalue weighted by molar-refractivity contribution is 5.79. The number of nitrogens with zero attached hydrogens (tertiary/aromatic N) is 3. The van der Waals surface area contributed by atoms with Gasteiger partial charge in [-0.2, -0.15) is 0 Å². The number of anilines is 1. The zero-order valence-corrected chi connectivity index (χ0v) is 18.3. The van der Waals surface area contributed by atoms with Crippen LogP contribution in [0.25, 0.3) is 11.0 Å². The van der Waals surface area contributed by atoms with Crippen LogP contribution in [-0.2, 0) is 11.3 Å². The molecule has 6 nitrogen and oxygen atoms in total. The smallest absolute Gasteiger partial charge is 0.294 e. The van der Waals surface area contributed by atoms with Crippen molar-refractivity contribution in [3.8, 4) is 0 Å². The molecule has 1 N–H and O–H groups in total. The summed E-state index contributed by atoms with van der Waals surface area (Å²) < 4.78 is 1.82. The first-order chi connectivity index (χ1) is 15.1. The number of aromatic nitrogens is 2. The van der Waals surface area contributed by atoms with Crippen molar-refractivity contribution in [3.05, 3.63) is 70.0 Å². The summed E-state index contributed by atoms with van der Waals surface area (Å²) in [5.74, 6) is 0.626. The fourth-order valence-electron chi connectivity index (χ4n) is 4.16. The summed E-state index contributed by atoms with van der Waals surface area (Å²) in [6.45, 7) is 6.66. The molecule has 0 radical (unpaired) electrons. The van der Waals surface area contributed by atoms with Gasteiger partial charge in [-0.3, -0.25) is 14.2 Å². The Morgan fingerprint density at radius 2 is 1.81 bits per heavy atom. The number of para-hydroxylation sites is 2. The molecule has 2 aromatic carbocycles. The lowest BCUT2D eigenvalue weighted by atomic mass is 9.96. The molecule has 0 saturated carbocycles. The standard InChI is InChI=1S/C25H30N4O2/c1-3-14-26-24(30)20-12-15-28(16-13-20)23-25(31)29(17-19-10-8-18(2)9-11-19)22-7-5-4-6-21(22)27-23/h4-11,20H,3,12-17H2,1-2H3,(H,26,30). The van der Waals surface area contributed by atoms with E-state index >= 15 is 0 Å². The number of amides is 1. The van der Waals surface area contributed by atoms with Crippen LogP contribution >= 0.6 is 0 Å². The third kappa shape index (κ3) is 4.63. The molecule has 1 aliphatic rings. The number of benzene rings is 2. The topological polar surface area (TPSA) is 67.2 Å². The number of fused-ring (bicyclic) bond motifs is 1. The summed E-state index contributed by atoms with van der Waals surface area (Å²) in [6, 6.07) is 16.1. The zero-order chi connectivity index (χ0) is 21.8. The van der Waals surface area contributed by atoms with Crippen LogP contribution in [0.15, 0.2) is 53.3 Å². The minimum atomic E-state index is -0.0758. The molecule has 6 heteroatoms. The van der Waals surface area contributed by atoms with E-state index in [4.69, 9.17) is 4.98 Å². The number of hydrogen-bond donors (Lipinski definition) is 1. The van der Waals surface area contributed by atoms with E-state index in [9.17, 15) is 9.59 Å². The third-order valence-electron chi connectivity index (χ3n) is 6.01. The molecule has 2 heterocycles. The summed E-state index contributed by atoms with van der Waals surface area (Å²) >= 11 is 0. The average molecular weight is 419 g/mol. The number of rotatable bonds is 6. The van der Waals surface area contributed by atoms with E-state index in [1.165, 1.54) is 5.56 Å². The summed E-state index contributed by atoms with van der Waals surface area (Å²) in [4.78, 5) is 32.6. The number of carbonyl (C=O) groups excluding carboxylic acids is 1. The van der Waals surface area contributed by atoms with Gasteiger partial charge in [0.05, 0.1) is 17.6 Å². The molecule has 0 unspecified atom stereocenters. The Morgan fingerprint density at radius 3 is 2.52 bits per heavy atom. The van der Waals surface area contributed by atoms with Crippen LogP contribution < -0.4 is 15.8 Å². The van der Waals surface area contributed by atoms with Crippen molar-refractivity contribution in [1.82, 2.24) is 14.9 Å². The van der Waals surface area contributed by atoms with E-state index in [0.29, 0.717) is 25.5 Å². The summed E-state index contributed by atoms with van der Waals surface area (Å²) in [7, 11) is 0. The maximum atomic E-state index is 13.5. The maximum absolute atomic E-state index is 13.5. The Bertz CT molecular complexity index is 1110. The number of carbonyl (C=O) groups is 1. The first-order valence-corrected chi connectivity index (χ1v) is 11.1. The van der Waals surface area contributed by atoms with Crippen LogP contribution in [-0.4, -0.2) is 35.1 Å². The Labute approximate surface area is 182 Å². The molecule has 0 bridgehead atoms. The normalized spacial score (nSPS) is 14.7. The van der Waals surface area contributed by atoms with Gasteiger partial charge in [0, 0.05) is 25.6 Å². The predicted octanol–water partition coefficient (Wildman–Crippen LogP) is 3.50. The van der Waals surface area contributed by atoms with Gasteiger partial charge < -0.3 is 10.2 Å². The van der Waals surface area contributed by atoms with Crippen LogP contribution in [0.4, 0.5) is 5.82 Å². The summed E-state index contributed by atoms with van der Waals surface area (Å²) in [6.07, 6.45) is 2.41. The van der Waals surface area contributed by atoms with Gasteiger partial charge in [-0.25, -0.2) is 4.98 Å². The minimum Gasteiger partial charge on any atom is -0.356 e. The van der Waals surface area contributed by atoms with Crippen molar-refractivity contribution in [2.24, 2.45) is 5.92 Å². The van der Waals surface area contributed by atoms with Gasteiger partial charge in [0.1, 0.15) is 0 Å². The van der Waals surface area contributed by atoms with Crippen LogP contribution in [0, 0.1) is 12.8 Å². The van der Waals surface area contributed by atoms with Crippen LogP contribution in [0.1, 0.15) is 37.3 Å². The lowest BCUT2D eigenvalue weighted by Crippen LogP contribution is -2.43. The van der Waals surface area contributed by atoms with Gasteiger partial charge in [-0.05, 0) is 43.9 Å². The molecule has 1 amide bonds. The Kier molecular flexibility index (Phi) is 6.35. The molecule has 0 aliphatic carbocycles. The molecular formula is C25H30N4O2. The van der Waals surface area contributed by atoms with E-state index < -0.39 is 0 Å². The largest absolute Gasteiger partial charge is 0.356 e. The summed E-state index contributed by atoms with van der Waals surface area (Å²) in [5, 5.41) is 2.99. The molecule has 0 atom stereocenters. The lowest BCUT2D eigenvalue weighted by molar-refractivity contribution is -0.125. The second kappa shape index (κ2) is 9.33.